The van der Waals surface area contributed by atoms with E-state index in [0.717, 1.165) is 32.3 Å². The first-order valence-corrected chi connectivity index (χ1v) is 5.17. The number of methoxy groups -OCH3 is 1. The standard InChI is InChI=1S/C10H21NO2/c1-8(6-7-13-2)11-9-4-3-5-10(9)12/h8-12H,3-7H2,1-2H3/t8?,9-,10-/m1/s1. The summed E-state index contributed by atoms with van der Waals surface area (Å²) in [7, 11) is 1.72. The first-order chi connectivity index (χ1) is 6.24. The summed E-state index contributed by atoms with van der Waals surface area (Å²) in [6, 6.07) is 0.754. The van der Waals surface area contributed by atoms with Gasteiger partial charge in [-0.05, 0) is 32.6 Å². The molecule has 1 aliphatic carbocycles. The van der Waals surface area contributed by atoms with Gasteiger partial charge in [0.05, 0.1) is 6.10 Å². The fourth-order valence-corrected chi connectivity index (χ4v) is 1.88. The van der Waals surface area contributed by atoms with Crippen molar-refractivity contribution in [2.75, 3.05) is 13.7 Å². The van der Waals surface area contributed by atoms with Gasteiger partial charge in [0.1, 0.15) is 0 Å². The molecule has 0 bridgehead atoms. The van der Waals surface area contributed by atoms with Gasteiger partial charge in [-0.2, -0.15) is 0 Å². The van der Waals surface area contributed by atoms with Gasteiger partial charge in [0.2, 0.25) is 0 Å². The Hall–Kier alpha value is -0.120. The van der Waals surface area contributed by atoms with Gasteiger partial charge < -0.3 is 15.2 Å². The van der Waals surface area contributed by atoms with Gasteiger partial charge in [-0.1, -0.05) is 0 Å². The Morgan fingerprint density at radius 2 is 2.31 bits per heavy atom. The second-order valence-electron chi connectivity index (χ2n) is 3.95. The van der Waals surface area contributed by atoms with Crippen LogP contribution in [0.3, 0.4) is 0 Å². The Kier molecular flexibility index (Phi) is 4.70. The molecule has 1 unspecified atom stereocenters. The van der Waals surface area contributed by atoms with E-state index < -0.39 is 0 Å². The van der Waals surface area contributed by atoms with Gasteiger partial charge in [-0.25, -0.2) is 0 Å². The van der Waals surface area contributed by atoms with Crippen LogP contribution >= 0.6 is 0 Å². The van der Waals surface area contributed by atoms with Crippen LogP contribution in [0.25, 0.3) is 0 Å². The molecule has 0 aromatic heterocycles. The molecule has 0 spiro atoms. The average molecular weight is 187 g/mol. The molecular weight excluding hydrogens is 166 g/mol. The Morgan fingerprint density at radius 3 is 2.85 bits per heavy atom. The Labute approximate surface area is 80.5 Å². The topological polar surface area (TPSA) is 41.5 Å². The largest absolute Gasteiger partial charge is 0.392 e. The van der Waals surface area contributed by atoms with Crippen molar-refractivity contribution in [2.24, 2.45) is 0 Å². The molecule has 0 aliphatic heterocycles. The summed E-state index contributed by atoms with van der Waals surface area (Å²) in [5.41, 5.74) is 0. The molecule has 1 saturated carbocycles. The van der Waals surface area contributed by atoms with Crippen molar-refractivity contribution < 1.29 is 9.84 Å². The van der Waals surface area contributed by atoms with Crippen LogP contribution < -0.4 is 5.32 Å². The van der Waals surface area contributed by atoms with E-state index in [1.807, 2.05) is 0 Å². The van der Waals surface area contributed by atoms with E-state index in [4.69, 9.17) is 4.74 Å². The highest BCUT2D eigenvalue weighted by atomic mass is 16.5. The number of hydrogen-bond donors (Lipinski definition) is 2. The quantitative estimate of drug-likeness (QED) is 0.672. The fraction of sp³-hybridized carbons (Fsp3) is 1.00. The number of hydrogen-bond acceptors (Lipinski definition) is 3. The molecule has 0 amide bonds. The zero-order chi connectivity index (χ0) is 9.68. The monoisotopic (exact) mass is 187 g/mol. The second-order valence-corrected chi connectivity index (χ2v) is 3.95. The van der Waals surface area contributed by atoms with Crippen molar-refractivity contribution in [3.8, 4) is 0 Å². The van der Waals surface area contributed by atoms with E-state index in [1.165, 1.54) is 0 Å². The number of aliphatic hydroxyl groups is 1. The maximum absolute atomic E-state index is 9.57. The van der Waals surface area contributed by atoms with E-state index in [9.17, 15) is 5.11 Å². The zero-order valence-corrected chi connectivity index (χ0v) is 8.62. The number of rotatable bonds is 5. The molecule has 0 heterocycles. The third kappa shape index (κ3) is 3.63. The second kappa shape index (κ2) is 5.58. The number of aliphatic hydroxyl groups excluding tert-OH is 1. The smallest absolute Gasteiger partial charge is 0.0693 e. The molecule has 3 atom stereocenters. The molecule has 1 rings (SSSR count). The predicted molar refractivity (Wildman–Crippen MR) is 52.7 cm³/mol. The Bertz CT molecular complexity index is 141. The summed E-state index contributed by atoms with van der Waals surface area (Å²) in [5.74, 6) is 0. The zero-order valence-electron chi connectivity index (χ0n) is 8.62. The summed E-state index contributed by atoms with van der Waals surface area (Å²) in [6.07, 6.45) is 4.09. The van der Waals surface area contributed by atoms with Crippen LogP contribution in [0.15, 0.2) is 0 Å². The van der Waals surface area contributed by atoms with Crippen molar-refractivity contribution in [3.05, 3.63) is 0 Å². The summed E-state index contributed by atoms with van der Waals surface area (Å²) < 4.78 is 5.00. The van der Waals surface area contributed by atoms with Gasteiger partial charge in [-0.15, -0.1) is 0 Å². The summed E-state index contributed by atoms with van der Waals surface area (Å²) in [6.45, 7) is 2.93. The minimum absolute atomic E-state index is 0.134. The van der Waals surface area contributed by atoms with E-state index >= 15 is 0 Å². The normalized spacial score (nSPS) is 30.7. The average Bonchev–Trinajstić information content (AvgIpc) is 2.48. The molecule has 3 heteroatoms. The Balaban J connectivity index is 2.15. The first kappa shape index (κ1) is 11.0. The third-order valence-electron chi connectivity index (χ3n) is 2.73. The maximum atomic E-state index is 9.57. The van der Waals surface area contributed by atoms with Crippen molar-refractivity contribution >= 4 is 0 Å². The van der Waals surface area contributed by atoms with Crippen LogP contribution in [0.5, 0.6) is 0 Å². The van der Waals surface area contributed by atoms with E-state index in [-0.39, 0.29) is 6.10 Å². The maximum Gasteiger partial charge on any atom is 0.0693 e. The van der Waals surface area contributed by atoms with Gasteiger partial charge in [-0.3, -0.25) is 0 Å². The molecule has 3 nitrogen and oxygen atoms in total. The van der Waals surface area contributed by atoms with Gasteiger partial charge in [0, 0.05) is 25.8 Å². The summed E-state index contributed by atoms with van der Waals surface area (Å²) >= 11 is 0. The molecule has 78 valence electrons. The van der Waals surface area contributed by atoms with E-state index in [1.54, 1.807) is 7.11 Å². The van der Waals surface area contributed by atoms with Crippen LogP contribution in [0.2, 0.25) is 0 Å². The number of ether oxygens (including phenoxy) is 1. The van der Waals surface area contributed by atoms with Crippen LogP contribution in [0.1, 0.15) is 32.6 Å². The molecule has 0 saturated heterocycles. The fourth-order valence-electron chi connectivity index (χ4n) is 1.88. The lowest BCUT2D eigenvalue weighted by molar-refractivity contribution is 0.135. The molecule has 0 radical (unpaired) electrons. The van der Waals surface area contributed by atoms with Crippen molar-refractivity contribution in [2.45, 2.75) is 50.8 Å². The third-order valence-corrected chi connectivity index (χ3v) is 2.73. The summed E-state index contributed by atoms with van der Waals surface area (Å²) in [5, 5.41) is 13.0. The van der Waals surface area contributed by atoms with Crippen LogP contribution in [0.4, 0.5) is 0 Å². The molecular formula is C10H21NO2. The lowest BCUT2D eigenvalue weighted by Crippen LogP contribution is -2.41. The van der Waals surface area contributed by atoms with Crippen LogP contribution in [0, 0.1) is 0 Å². The highest BCUT2D eigenvalue weighted by Crippen LogP contribution is 2.19. The predicted octanol–water partition coefficient (Wildman–Crippen LogP) is 0.914. The van der Waals surface area contributed by atoms with Gasteiger partial charge in [0.15, 0.2) is 0 Å². The van der Waals surface area contributed by atoms with Crippen molar-refractivity contribution in [1.82, 2.24) is 5.32 Å². The molecule has 2 N–H and O–H groups in total. The molecule has 1 aliphatic rings. The van der Waals surface area contributed by atoms with E-state index in [0.29, 0.717) is 12.1 Å². The van der Waals surface area contributed by atoms with Gasteiger partial charge in [0.25, 0.3) is 0 Å². The molecule has 0 aromatic carbocycles. The van der Waals surface area contributed by atoms with Crippen molar-refractivity contribution in [3.63, 3.8) is 0 Å². The highest BCUT2D eigenvalue weighted by molar-refractivity contribution is 4.84. The minimum atomic E-state index is -0.134. The highest BCUT2D eigenvalue weighted by Gasteiger charge is 2.25. The van der Waals surface area contributed by atoms with Crippen LogP contribution in [-0.2, 0) is 4.74 Å². The van der Waals surface area contributed by atoms with Crippen LogP contribution in [-0.4, -0.2) is 37.0 Å². The minimum Gasteiger partial charge on any atom is -0.392 e. The molecule has 13 heavy (non-hydrogen) atoms. The molecule has 1 fully saturated rings. The lowest BCUT2D eigenvalue weighted by atomic mass is 10.1. The van der Waals surface area contributed by atoms with Crippen molar-refractivity contribution in [1.29, 1.82) is 0 Å². The molecule has 0 aromatic rings. The lowest BCUT2D eigenvalue weighted by Gasteiger charge is -2.21. The Morgan fingerprint density at radius 1 is 1.54 bits per heavy atom. The van der Waals surface area contributed by atoms with E-state index in [2.05, 4.69) is 12.2 Å². The first-order valence-electron chi connectivity index (χ1n) is 5.17. The summed E-state index contributed by atoms with van der Waals surface area (Å²) in [4.78, 5) is 0. The SMILES string of the molecule is COCCC(C)N[C@@H]1CCC[C@H]1O. The van der Waals surface area contributed by atoms with Gasteiger partial charge >= 0.3 is 0 Å². The number of nitrogens with one attached hydrogen (secondary N) is 1.